The number of carbonyl (C=O) groups excluding carboxylic acids is 1. The normalized spacial score (nSPS) is 10.3. The van der Waals surface area contributed by atoms with Crippen molar-refractivity contribution in [2.45, 2.75) is 46.1 Å². The predicted octanol–water partition coefficient (Wildman–Crippen LogP) is 2.96. The average Bonchev–Trinajstić information content (AvgIpc) is 2.53. The standard InChI is InChI=1S/C13H17NO4.C2H6.CH3F/c1-2-3-12(15)18-10-6-4-9(5-7-10)8-11(14)13(16)17;2*1-2/h4-7,11H,2-3,8,14H2,1H3,(H,16,17);1-2H3;1H3. The molecule has 0 fully saturated rings. The summed E-state index contributed by atoms with van der Waals surface area (Å²) in [7, 11) is 0.500. The number of alkyl halides is 1. The van der Waals surface area contributed by atoms with E-state index in [0.717, 1.165) is 12.0 Å². The van der Waals surface area contributed by atoms with Gasteiger partial charge in [0.1, 0.15) is 11.8 Å². The number of hydrogen-bond donors (Lipinski definition) is 2. The minimum Gasteiger partial charge on any atom is -0.480 e. The molecule has 0 bridgehead atoms. The van der Waals surface area contributed by atoms with Gasteiger partial charge in [0, 0.05) is 6.42 Å². The van der Waals surface area contributed by atoms with Crippen molar-refractivity contribution >= 4 is 11.9 Å². The van der Waals surface area contributed by atoms with Crippen LogP contribution in [0.5, 0.6) is 5.75 Å². The predicted molar refractivity (Wildman–Crippen MR) is 84.7 cm³/mol. The fraction of sp³-hybridized carbons (Fsp3) is 0.500. The van der Waals surface area contributed by atoms with Gasteiger partial charge in [-0.15, -0.1) is 0 Å². The van der Waals surface area contributed by atoms with Crippen LogP contribution in [0.2, 0.25) is 0 Å². The summed E-state index contributed by atoms with van der Waals surface area (Å²) in [6, 6.07) is 5.77. The van der Waals surface area contributed by atoms with Gasteiger partial charge in [0.2, 0.25) is 0 Å². The summed E-state index contributed by atoms with van der Waals surface area (Å²) < 4.78 is 14.6. The molecule has 0 aromatic heterocycles. The molecule has 0 aliphatic rings. The summed E-state index contributed by atoms with van der Waals surface area (Å²) in [6.07, 6.45) is 1.37. The molecule has 3 N–H and O–H groups in total. The number of carbonyl (C=O) groups is 2. The molecule has 1 rings (SSSR count). The molecular formula is C16H26FNO4. The number of hydrogen-bond acceptors (Lipinski definition) is 4. The monoisotopic (exact) mass is 315 g/mol. The lowest BCUT2D eigenvalue weighted by atomic mass is 10.1. The van der Waals surface area contributed by atoms with Gasteiger partial charge in [0.05, 0.1) is 7.18 Å². The van der Waals surface area contributed by atoms with E-state index < -0.39 is 12.0 Å². The van der Waals surface area contributed by atoms with Crippen LogP contribution in [0.1, 0.15) is 39.2 Å². The van der Waals surface area contributed by atoms with Crippen LogP contribution in [0.15, 0.2) is 24.3 Å². The molecule has 0 spiro atoms. The quantitative estimate of drug-likeness (QED) is 0.622. The van der Waals surface area contributed by atoms with Gasteiger partial charge in [-0.2, -0.15) is 0 Å². The third-order valence-corrected chi connectivity index (χ3v) is 2.38. The molecule has 5 nitrogen and oxygen atoms in total. The molecule has 6 heteroatoms. The molecule has 0 saturated carbocycles. The van der Waals surface area contributed by atoms with Crippen LogP contribution < -0.4 is 10.5 Å². The van der Waals surface area contributed by atoms with Crippen molar-refractivity contribution in [3.63, 3.8) is 0 Å². The summed E-state index contributed by atoms with van der Waals surface area (Å²) in [5, 5.41) is 8.68. The number of aliphatic carboxylic acids is 1. The second-order valence-corrected chi connectivity index (χ2v) is 4.02. The zero-order chi connectivity index (χ0) is 17.5. The van der Waals surface area contributed by atoms with E-state index in [0.29, 0.717) is 19.3 Å². The fourth-order valence-electron chi connectivity index (χ4n) is 1.42. The van der Waals surface area contributed by atoms with E-state index in [2.05, 4.69) is 0 Å². The van der Waals surface area contributed by atoms with Crippen LogP contribution in [-0.4, -0.2) is 30.3 Å². The topological polar surface area (TPSA) is 89.6 Å². The maximum Gasteiger partial charge on any atom is 0.320 e. The molecule has 0 heterocycles. The SMILES string of the molecule is CC.CCCC(=O)Oc1ccc(CC(N)C(=O)O)cc1.CF. The van der Waals surface area contributed by atoms with Crippen molar-refractivity contribution in [1.82, 2.24) is 0 Å². The third kappa shape index (κ3) is 9.88. The van der Waals surface area contributed by atoms with Gasteiger partial charge in [-0.25, -0.2) is 0 Å². The highest BCUT2D eigenvalue weighted by Gasteiger charge is 2.12. The van der Waals surface area contributed by atoms with Crippen LogP contribution in [0.4, 0.5) is 4.39 Å². The Morgan fingerprint density at radius 1 is 1.23 bits per heavy atom. The van der Waals surface area contributed by atoms with Crippen molar-refractivity contribution in [3.05, 3.63) is 29.8 Å². The van der Waals surface area contributed by atoms with E-state index in [1.807, 2.05) is 20.8 Å². The third-order valence-electron chi connectivity index (χ3n) is 2.38. The van der Waals surface area contributed by atoms with Gasteiger partial charge in [0.25, 0.3) is 0 Å². The Kier molecular flexibility index (Phi) is 14.2. The summed E-state index contributed by atoms with van der Waals surface area (Å²) >= 11 is 0. The second-order valence-electron chi connectivity index (χ2n) is 4.02. The number of halogens is 1. The highest BCUT2D eigenvalue weighted by molar-refractivity contribution is 5.73. The van der Waals surface area contributed by atoms with Crippen LogP contribution >= 0.6 is 0 Å². The van der Waals surface area contributed by atoms with Crippen LogP contribution in [-0.2, 0) is 16.0 Å². The van der Waals surface area contributed by atoms with Crippen LogP contribution in [0.3, 0.4) is 0 Å². The lowest BCUT2D eigenvalue weighted by molar-refractivity contribution is -0.138. The number of benzene rings is 1. The van der Waals surface area contributed by atoms with E-state index in [1.54, 1.807) is 24.3 Å². The average molecular weight is 315 g/mol. The molecule has 126 valence electrons. The Hall–Kier alpha value is -1.95. The molecule has 0 aliphatic carbocycles. The smallest absolute Gasteiger partial charge is 0.320 e. The van der Waals surface area contributed by atoms with Crippen molar-refractivity contribution in [2.24, 2.45) is 5.73 Å². The molecule has 1 aromatic carbocycles. The molecule has 1 atom stereocenters. The number of nitrogens with two attached hydrogens (primary N) is 1. The molecule has 1 aromatic rings. The maximum absolute atomic E-state index is 11.2. The summed E-state index contributed by atoms with van der Waals surface area (Å²) in [4.78, 5) is 21.8. The fourth-order valence-corrected chi connectivity index (χ4v) is 1.42. The van der Waals surface area contributed by atoms with E-state index in [4.69, 9.17) is 15.6 Å². The number of esters is 1. The van der Waals surface area contributed by atoms with Crippen molar-refractivity contribution in [3.8, 4) is 5.75 Å². The number of ether oxygens (including phenoxy) is 1. The van der Waals surface area contributed by atoms with Gasteiger partial charge in [-0.1, -0.05) is 32.9 Å². The highest BCUT2D eigenvalue weighted by atomic mass is 19.1. The van der Waals surface area contributed by atoms with E-state index >= 15 is 0 Å². The van der Waals surface area contributed by atoms with Gasteiger partial charge in [-0.3, -0.25) is 14.0 Å². The Morgan fingerprint density at radius 3 is 2.14 bits per heavy atom. The summed E-state index contributed by atoms with van der Waals surface area (Å²) in [6.45, 7) is 5.90. The van der Waals surface area contributed by atoms with Gasteiger partial charge < -0.3 is 15.6 Å². The second kappa shape index (κ2) is 14.0. The van der Waals surface area contributed by atoms with Crippen LogP contribution in [0.25, 0.3) is 0 Å². The lowest BCUT2D eigenvalue weighted by Crippen LogP contribution is -2.32. The first-order chi connectivity index (χ1) is 10.5. The Bertz CT molecular complexity index is 421. The van der Waals surface area contributed by atoms with E-state index in [1.165, 1.54) is 0 Å². The van der Waals surface area contributed by atoms with Crippen molar-refractivity contribution in [2.75, 3.05) is 7.18 Å². The minimum atomic E-state index is -1.03. The van der Waals surface area contributed by atoms with Gasteiger partial charge in [-0.05, 0) is 30.5 Å². The molecule has 0 saturated heterocycles. The molecule has 0 aliphatic heterocycles. The zero-order valence-corrected chi connectivity index (χ0v) is 13.6. The van der Waals surface area contributed by atoms with E-state index in [-0.39, 0.29) is 12.4 Å². The number of carboxylic acid groups (broad SMARTS) is 1. The largest absolute Gasteiger partial charge is 0.480 e. The minimum absolute atomic E-state index is 0.249. The first-order valence-electron chi connectivity index (χ1n) is 7.18. The summed E-state index contributed by atoms with van der Waals surface area (Å²) in [5.74, 6) is -0.845. The van der Waals surface area contributed by atoms with Gasteiger partial charge in [0.15, 0.2) is 0 Å². The Labute approximate surface area is 131 Å². The Balaban J connectivity index is 0. The Morgan fingerprint density at radius 2 is 1.73 bits per heavy atom. The van der Waals surface area contributed by atoms with Crippen molar-refractivity contribution < 1.29 is 23.8 Å². The molecule has 22 heavy (non-hydrogen) atoms. The van der Waals surface area contributed by atoms with Crippen molar-refractivity contribution in [1.29, 1.82) is 0 Å². The van der Waals surface area contributed by atoms with Crippen LogP contribution in [0, 0.1) is 0 Å². The van der Waals surface area contributed by atoms with E-state index in [9.17, 15) is 14.0 Å². The number of rotatable bonds is 6. The first kappa shape index (κ1) is 22.3. The molecule has 1 unspecified atom stereocenters. The van der Waals surface area contributed by atoms with Gasteiger partial charge >= 0.3 is 11.9 Å². The molecular weight excluding hydrogens is 289 g/mol. The highest BCUT2D eigenvalue weighted by Crippen LogP contribution is 2.14. The number of carboxylic acids is 1. The lowest BCUT2D eigenvalue weighted by Gasteiger charge is -2.07. The summed E-state index contributed by atoms with van der Waals surface area (Å²) in [5.41, 5.74) is 6.21. The maximum atomic E-state index is 11.2. The zero-order valence-electron chi connectivity index (χ0n) is 13.6. The first-order valence-corrected chi connectivity index (χ1v) is 7.18. The molecule has 0 amide bonds. The molecule has 0 radical (unpaired) electrons.